The maximum Gasteiger partial charge on any atom is 0.108 e. The van der Waals surface area contributed by atoms with E-state index in [0.717, 1.165) is 0 Å². The average Bonchev–Trinajstić information content (AvgIpc) is 2.36. The van der Waals surface area contributed by atoms with Crippen LogP contribution in [0.5, 0.6) is 0 Å². The maximum atomic E-state index is 5.58. The van der Waals surface area contributed by atoms with Gasteiger partial charge in [-0.1, -0.05) is 0 Å². The second-order valence-corrected chi connectivity index (χ2v) is 3.40. The summed E-state index contributed by atoms with van der Waals surface area (Å²) in [5.74, 6) is 0. The van der Waals surface area contributed by atoms with Gasteiger partial charge in [-0.15, -0.1) is 0 Å². The molecule has 0 aromatic heterocycles. The van der Waals surface area contributed by atoms with Crippen LogP contribution in [0.2, 0.25) is 0 Å². The van der Waals surface area contributed by atoms with E-state index in [9.17, 15) is 0 Å². The van der Waals surface area contributed by atoms with Gasteiger partial charge in [-0.25, -0.2) is 0 Å². The molecule has 0 aromatic rings. The minimum Gasteiger partial charge on any atom is -0.358 e. The SMILES string of the molecule is CC1OC2C[C@@]2(C)N1C. The van der Waals surface area contributed by atoms with Crippen molar-refractivity contribution >= 4 is 0 Å². The Bertz CT molecular complexity index is 148. The van der Waals surface area contributed by atoms with E-state index < -0.39 is 0 Å². The number of likely N-dealkylation sites (N-methyl/N-ethyl adjacent to an activating group) is 1. The molecule has 0 spiro atoms. The van der Waals surface area contributed by atoms with E-state index in [1.807, 2.05) is 0 Å². The monoisotopic (exact) mass is 127 g/mol. The van der Waals surface area contributed by atoms with E-state index in [1.54, 1.807) is 0 Å². The van der Waals surface area contributed by atoms with E-state index in [-0.39, 0.29) is 0 Å². The van der Waals surface area contributed by atoms with Gasteiger partial charge in [-0.3, -0.25) is 4.90 Å². The molecule has 52 valence electrons. The first-order valence-corrected chi connectivity index (χ1v) is 3.53. The number of nitrogens with zero attached hydrogens (tertiary/aromatic N) is 1. The first kappa shape index (κ1) is 5.69. The van der Waals surface area contributed by atoms with Crippen molar-refractivity contribution in [2.45, 2.75) is 38.1 Å². The summed E-state index contributed by atoms with van der Waals surface area (Å²) in [6.45, 7) is 4.37. The van der Waals surface area contributed by atoms with Gasteiger partial charge < -0.3 is 4.74 Å². The van der Waals surface area contributed by atoms with Gasteiger partial charge in [0.1, 0.15) is 6.23 Å². The third-order valence-corrected chi connectivity index (χ3v) is 2.84. The van der Waals surface area contributed by atoms with Crippen molar-refractivity contribution in [1.29, 1.82) is 0 Å². The van der Waals surface area contributed by atoms with Crippen LogP contribution < -0.4 is 0 Å². The number of hydrogen-bond donors (Lipinski definition) is 0. The lowest BCUT2D eigenvalue weighted by Gasteiger charge is -2.22. The molecule has 9 heavy (non-hydrogen) atoms. The van der Waals surface area contributed by atoms with Gasteiger partial charge in [0.25, 0.3) is 0 Å². The molecule has 1 aliphatic carbocycles. The molecule has 1 saturated carbocycles. The molecule has 2 aliphatic rings. The van der Waals surface area contributed by atoms with E-state index in [0.29, 0.717) is 17.9 Å². The third-order valence-electron chi connectivity index (χ3n) is 2.84. The highest BCUT2D eigenvalue weighted by Crippen LogP contribution is 2.50. The minimum atomic E-state index is 0.341. The Morgan fingerprint density at radius 1 is 1.67 bits per heavy atom. The van der Waals surface area contributed by atoms with Gasteiger partial charge in [0.05, 0.1) is 6.10 Å². The summed E-state index contributed by atoms with van der Waals surface area (Å²) < 4.78 is 5.58. The van der Waals surface area contributed by atoms with Crippen molar-refractivity contribution in [3.8, 4) is 0 Å². The van der Waals surface area contributed by atoms with Crippen LogP contribution in [-0.2, 0) is 4.74 Å². The summed E-state index contributed by atoms with van der Waals surface area (Å²) in [6.07, 6.45) is 2.11. The summed E-state index contributed by atoms with van der Waals surface area (Å²) in [6, 6.07) is 0. The summed E-state index contributed by atoms with van der Waals surface area (Å²) in [4.78, 5) is 2.32. The maximum absolute atomic E-state index is 5.58. The lowest BCUT2D eigenvalue weighted by atomic mass is 10.3. The summed E-state index contributed by atoms with van der Waals surface area (Å²) >= 11 is 0. The van der Waals surface area contributed by atoms with Crippen LogP contribution in [0.1, 0.15) is 20.3 Å². The van der Waals surface area contributed by atoms with Crippen LogP contribution in [-0.4, -0.2) is 29.8 Å². The quantitative estimate of drug-likeness (QED) is 0.478. The van der Waals surface area contributed by atoms with Crippen molar-refractivity contribution in [3.63, 3.8) is 0 Å². The standard InChI is InChI=1S/C7H13NO/c1-5-8(3)7(2)4-6(7)9-5/h5-6H,4H2,1-3H3/t5?,6?,7-/m1/s1. The Labute approximate surface area is 55.8 Å². The molecule has 0 amide bonds. The second kappa shape index (κ2) is 1.32. The fourth-order valence-corrected chi connectivity index (χ4v) is 1.63. The Hall–Kier alpha value is -0.0800. The topological polar surface area (TPSA) is 12.5 Å². The van der Waals surface area contributed by atoms with E-state index >= 15 is 0 Å². The van der Waals surface area contributed by atoms with Crippen LogP contribution in [0.25, 0.3) is 0 Å². The molecule has 0 bridgehead atoms. The van der Waals surface area contributed by atoms with Crippen LogP contribution >= 0.6 is 0 Å². The Kier molecular flexibility index (Phi) is 0.837. The highest BCUT2D eigenvalue weighted by Gasteiger charge is 2.61. The van der Waals surface area contributed by atoms with Crippen molar-refractivity contribution in [3.05, 3.63) is 0 Å². The predicted molar refractivity (Wildman–Crippen MR) is 35.1 cm³/mol. The number of fused-ring (bicyclic) bond motifs is 1. The van der Waals surface area contributed by atoms with Gasteiger partial charge in [-0.05, 0) is 27.3 Å². The number of ether oxygens (including phenoxy) is 1. The zero-order chi connectivity index (χ0) is 6.65. The zero-order valence-corrected chi connectivity index (χ0v) is 6.22. The Balaban J connectivity index is 2.18. The van der Waals surface area contributed by atoms with Gasteiger partial charge in [0, 0.05) is 5.54 Å². The first-order valence-electron chi connectivity index (χ1n) is 3.53. The smallest absolute Gasteiger partial charge is 0.108 e. The van der Waals surface area contributed by atoms with Gasteiger partial charge in [-0.2, -0.15) is 0 Å². The van der Waals surface area contributed by atoms with Gasteiger partial charge >= 0.3 is 0 Å². The summed E-state index contributed by atoms with van der Waals surface area (Å²) in [5.41, 5.74) is 0.402. The number of rotatable bonds is 0. The highest BCUT2D eigenvalue weighted by molar-refractivity contribution is 5.13. The molecule has 1 aliphatic heterocycles. The molecule has 1 saturated heterocycles. The fourth-order valence-electron chi connectivity index (χ4n) is 1.63. The lowest BCUT2D eigenvalue weighted by molar-refractivity contribution is 0.0116. The molecule has 0 radical (unpaired) electrons. The molecule has 2 heteroatoms. The van der Waals surface area contributed by atoms with Crippen LogP contribution in [0, 0.1) is 0 Å². The molecular formula is C7H13NO. The Morgan fingerprint density at radius 3 is 2.56 bits per heavy atom. The second-order valence-electron chi connectivity index (χ2n) is 3.40. The van der Waals surface area contributed by atoms with E-state index in [2.05, 4.69) is 25.8 Å². The third kappa shape index (κ3) is 0.528. The van der Waals surface area contributed by atoms with E-state index in [1.165, 1.54) is 6.42 Å². The van der Waals surface area contributed by atoms with Crippen LogP contribution in [0.4, 0.5) is 0 Å². The largest absolute Gasteiger partial charge is 0.358 e. The van der Waals surface area contributed by atoms with Crippen molar-refractivity contribution in [2.24, 2.45) is 0 Å². The Morgan fingerprint density at radius 2 is 2.33 bits per heavy atom. The van der Waals surface area contributed by atoms with Gasteiger partial charge in [0.15, 0.2) is 0 Å². The molecule has 0 aromatic carbocycles. The molecule has 2 nitrogen and oxygen atoms in total. The van der Waals surface area contributed by atoms with Crippen LogP contribution in [0.15, 0.2) is 0 Å². The van der Waals surface area contributed by atoms with Crippen LogP contribution in [0.3, 0.4) is 0 Å². The molecular weight excluding hydrogens is 114 g/mol. The van der Waals surface area contributed by atoms with Crippen molar-refractivity contribution in [1.82, 2.24) is 4.90 Å². The highest BCUT2D eigenvalue weighted by atomic mass is 16.5. The molecule has 3 atom stereocenters. The first-order chi connectivity index (χ1) is 4.14. The van der Waals surface area contributed by atoms with Crippen molar-refractivity contribution in [2.75, 3.05) is 7.05 Å². The van der Waals surface area contributed by atoms with E-state index in [4.69, 9.17) is 4.74 Å². The van der Waals surface area contributed by atoms with Crippen molar-refractivity contribution < 1.29 is 4.74 Å². The molecule has 2 unspecified atom stereocenters. The fraction of sp³-hybridized carbons (Fsp3) is 1.00. The average molecular weight is 127 g/mol. The molecule has 2 fully saturated rings. The summed E-state index contributed by atoms with van der Waals surface area (Å²) in [5, 5.41) is 0. The predicted octanol–water partition coefficient (Wildman–Crippen LogP) is 0.825. The normalized spacial score (nSPS) is 57.7. The minimum absolute atomic E-state index is 0.341. The molecule has 0 N–H and O–H groups in total. The summed E-state index contributed by atoms with van der Waals surface area (Å²) in [7, 11) is 2.14. The lowest BCUT2D eigenvalue weighted by Crippen LogP contribution is -2.33. The molecule has 1 heterocycles. The molecule has 2 rings (SSSR count). The number of hydrogen-bond acceptors (Lipinski definition) is 2. The zero-order valence-electron chi connectivity index (χ0n) is 6.22. The van der Waals surface area contributed by atoms with Gasteiger partial charge in [0.2, 0.25) is 0 Å².